The number of amides is 1. The largest absolute Gasteiger partial charge is 0.460 e. The van der Waals surface area contributed by atoms with Crippen molar-refractivity contribution in [3.63, 3.8) is 0 Å². The maximum Gasteiger partial charge on any atom is 0.310 e. The second kappa shape index (κ2) is 5.41. The van der Waals surface area contributed by atoms with E-state index in [1.54, 1.807) is 0 Å². The molecule has 0 bridgehead atoms. The average Bonchev–Trinajstić information content (AvgIpc) is 2.93. The number of carbonyl (C=O) groups is 2. The molecule has 1 amide bonds. The second-order valence-corrected chi connectivity index (χ2v) is 7.35. The zero-order valence-corrected chi connectivity index (χ0v) is 13.4. The van der Waals surface area contributed by atoms with Gasteiger partial charge in [-0.25, -0.2) is 0 Å². The minimum atomic E-state index is -0.434. The Morgan fingerprint density at radius 1 is 1.14 bits per heavy atom. The first-order valence-corrected chi connectivity index (χ1v) is 7.90. The molecule has 2 fully saturated rings. The number of hydrogen-bond acceptors (Lipinski definition) is 3. The van der Waals surface area contributed by atoms with Gasteiger partial charge >= 0.3 is 5.97 Å². The number of nitrogens with zero attached hydrogens (tertiary/aromatic N) is 1. The third kappa shape index (κ3) is 3.16. The predicted molar refractivity (Wildman–Crippen MR) is 83.0 cm³/mol. The van der Waals surface area contributed by atoms with Crippen LogP contribution in [0.1, 0.15) is 26.3 Å². The van der Waals surface area contributed by atoms with Gasteiger partial charge in [-0.1, -0.05) is 30.3 Å². The number of fused-ring (bicyclic) bond motifs is 1. The minimum Gasteiger partial charge on any atom is -0.460 e. The Kier molecular flexibility index (Phi) is 3.71. The van der Waals surface area contributed by atoms with Crippen molar-refractivity contribution in [3.8, 4) is 0 Å². The summed E-state index contributed by atoms with van der Waals surface area (Å²) in [7, 11) is 0. The van der Waals surface area contributed by atoms with Gasteiger partial charge in [0.05, 0.1) is 12.3 Å². The Balaban J connectivity index is 1.50. The van der Waals surface area contributed by atoms with Crippen molar-refractivity contribution in [3.05, 3.63) is 35.9 Å². The van der Waals surface area contributed by atoms with Crippen LogP contribution in [0.2, 0.25) is 0 Å². The molecule has 1 saturated heterocycles. The number of ether oxygens (including phenoxy) is 1. The fourth-order valence-electron chi connectivity index (χ4n) is 3.33. The Hall–Kier alpha value is -1.84. The molecule has 118 valence electrons. The monoisotopic (exact) mass is 301 g/mol. The van der Waals surface area contributed by atoms with Crippen LogP contribution in [-0.2, 0) is 20.7 Å². The maximum absolute atomic E-state index is 12.3. The van der Waals surface area contributed by atoms with Crippen molar-refractivity contribution in [1.29, 1.82) is 0 Å². The van der Waals surface area contributed by atoms with E-state index in [-0.39, 0.29) is 17.8 Å². The Labute approximate surface area is 131 Å². The zero-order chi connectivity index (χ0) is 15.9. The summed E-state index contributed by atoms with van der Waals surface area (Å²) in [5, 5.41) is 0. The lowest BCUT2D eigenvalue weighted by Gasteiger charge is -2.22. The number of likely N-dealkylation sites (tertiary alicyclic amines) is 1. The fourth-order valence-corrected chi connectivity index (χ4v) is 3.33. The molecule has 0 N–H and O–H groups in total. The van der Waals surface area contributed by atoms with Crippen molar-refractivity contribution in [1.82, 2.24) is 4.90 Å². The number of esters is 1. The molecule has 3 atom stereocenters. The molecule has 2 aliphatic rings. The number of benzene rings is 1. The molecular formula is C18H23NO3. The summed E-state index contributed by atoms with van der Waals surface area (Å²) >= 11 is 0. The Morgan fingerprint density at radius 3 is 2.27 bits per heavy atom. The smallest absolute Gasteiger partial charge is 0.310 e. The molecule has 0 spiro atoms. The average molecular weight is 301 g/mol. The summed E-state index contributed by atoms with van der Waals surface area (Å²) in [5.74, 6) is 0.656. The molecule has 1 aliphatic carbocycles. The summed E-state index contributed by atoms with van der Waals surface area (Å²) in [6.45, 7) is 7.05. The van der Waals surface area contributed by atoms with E-state index < -0.39 is 5.60 Å². The van der Waals surface area contributed by atoms with Crippen LogP contribution in [0.25, 0.3) is 0 Å². The lowest BCUT2D eigenvalue weighted by Crippen LogP contribution is -2.35. The van der Waals surface area contributed by atoms with Crippen molar-refractivity contribution in [2.24, 2.45) is 17.8 Å². The quantitative estimate of drug-likeness (QED) is 0.805. The highest BCUT2D eigenvalue weighted by Crippen LogP contribution is 2.52. The van der Waals surface area contributed by atoms with Crippen LogP contribution in [0, 0.1) is 17.8 Å². The van der Waals surface area contributed by atoms with Crippen LogP contribution < -0.4 is 0 Å². The first-order chi connectivity index (χ1) is 10.3. The second-order valence-electron chi connectivity index (χ2n) is 7.35. The standard InChI is InChI=1S/C18H23NO3/c1-18(2,3)22-17(21)16-13-10-19(11-14(13)16)15(20)9-12-7-5-4-6-8-12/h4-8,13-14,16H,9-11H2,1-3H3/t13-,14+,16?. The van der Waals surface area contributed by atoms with E-state index in [1.807, 2.05) is 56.0 Å². The van der Waals surface area contributed by atoms with E-state index >= 15 is 0 Å². The number of hydrogen-bond donors (Lipinski definition) is 0. The van der Waals surface area contributed by atoms with Crippen molar-refractivity contribution in [2.75, 3.05) is 13.1 Å². The SMILES string of the molecule is CC(C)(C)OC(=O)C1[C@H]2CN(C(=O)Cc3ccccc3)C[C@@H]12. The Bertz CT molecular complexity index is 564. The third-order valence-corrected chi connectivity index (χ3v) is 4.42. The van der Waals surface area contributed by atoms with Crippen LogP contribution in [0.4, 0.5) is 0 Å². The molecule has 1 unspecified atom stereocenters. The number of carbonyl (C=O) groups excluding carboxylic acids is 2. The third-order valence-electron chi connectivity index (χ3n) is 4.42. The molecular weight excluding hydrogens is 278 g/mol. The molecule has 0 aromatic heterocycles. The molecule has 1 heterocycles. The highest BCUT2D eigenvalue weighted by atomic mass is 16.6. The molecule has 1 aromatic carbocycles. The maximum atomic E-state index is 12.3. The van der Waals surface area contributed by atoms with E-state index in [2.05, 4.69) is 0 Å². The van der Waals surface area contributed by atoms with Crippen LogP contribution in [0.5, 0.6) is 0 Å². The Morgan fingerprint density at radius 2 is 1.73 bits per heavy atom. The van der Waals surface area contributed by atoms with Crippen molar-refractivity contribution < 1.29 is 14.3 Å². The molecule has 1 saturated carbocycles. The topological polar surface area (TPSA) is 46.6 Å². The van der Waals surface area contributed by atoms with Crippen LogP contribution in [-0.4, -0.2) is 35.5 Å². The van der Waals surface area contributed by atoms with Gasteiger partial charge in [-0.3, -0.25) is 9.59 Å². The number of piperidine rings is 1. The summed E-state index contributed by atoms with van der Waals surface area (Å²) in [6.07, 6.45) is 0.442. The minimum absolute atomic E-state index is 0.000000262. The lowest BCUT2D eigenvalue weighted by molar-refractivity contribution is -0.158. The number of rotatable bonds is 3. The van der Waals surface area contributed by atoms with Gasteiger partial charge in [-0.15, -0.1) is 0 Å². The normalized spacial score (nSPS) is 26.5. The van der Waals surface area contributed by atoms with E-state index in [4.69, 9.17) is 4.74 Å². The molecule has 4 nitrogen and oxygen atoms in total. The van der Waals surface area contributed by atoms with Gasteiger partial charge < -0.3 is 9.64 Å². The zero-order valence-electron chi connectivity index (χ0n) is 13.4. The fraction of sp³-hybridized carbons (Fsp3) is 0.556. The molecule has 22 heavy (non-hydrogen) atoms. The summed E-state index contributed by atoms with van der Waals surface area (Å²) in [6, 6.07) is 9.78. The van der Waals surface area contributed by atoms with Crippen LogP contribution in [0.3, 0.4) is 0 Å². The summed E-state index contributed by atoms with van der Waals surface area (Å²) in [4.78, 5) is 26.3. The molecule has 0 radical (unpaired) electrons. The first-order valence-electron chi connectivity index (χ1n) is 7.90. The van der Waals surface area contributed by atoms with Crippen molar-refractivity contribution in [2.45, 2.75) is 32.8 Å². The predicted octanol–water partition coefficient (Wildman–Crippen LogP) is 2.28. The van der Waals surface area contributed by atoms with Gasteiger partial charge in [-0.05, 0) is 38.2 Å². The van der Waals surface area contributed by atoms with Crippen molar-refractivity contribution >= 4 is 11.9 Å². The summed E-state index contributed by atoms with van der Waals surface area (Å²) < 4.78 is 5.45. The molecule has 1 aromatic rings. The van der Waals surface area contributed by atoms with Gasteiger partial charge in [0, 0.05) is 13.1 Å². The lowest BCUT2D eigenvalue weighted by atomic mass is 10.1. The van der Waals surface area contributed by atoms with E-state index in [0.717, 1.165) is 5.56 Å². The molecule has 4 heteroatoms. The highest BCUT2D eigenvalue weighted by Gasteiger charge is 2.61. The van der Waals surface area contributed by atoms with Gasteiger partial charge in [0.2, 0.25) is 5.91 Å². The van der Waals surface area contributed by atoms with E-state index in [1.165, 1.54) is 0 Å². The molecule has 3 rings (SSSR count). The van der Waals surface area contributed by atoms with Gasteiger partial charge in [0.15, 0.2) is 0 Å². The highest BCUT2D eigenvalue weighted by molar-refractivity contribution is 5.81. The van der Waals surface area contributed by atoms with Gasteiger partial charge in [-0.2, -0.15) is 0 Å². The van der Waals surface area contributed by atoms with Gasteiger partial charge in [0.25, 0.3) is 0 Å². The van der Waals surface area contributed by atoms with E-state index in [9.17, 15) is 9.59 Å². The summed E-state index contributed by atoms with van der Waals surface area (Å²) in [5.41, 5.74) is 0.605. The van der Waals surface area contributed by atoms with Gasteiger partial charge in [0.1, 0.15) is 5.60 Å². The molecule has 1 aliphatic heterocycles. The van der Waals surface area contributed by atoms with Crippen LogP contribution in [0.15, 0.2) is 30.3 Å². The van der Waals surface area contributed by atoms with Crippen LogP contribution >= 0.6 is 0 Å². The first kappa shape index (κ1) is 15.1. The van der Waals surface area contributed by atoms with E-state index in [0.29, 0.717) is 31.3 Å².